The van der Waals surface area contributed by atoms with Gasteiger partial charge in [0.05, 0.1) is 17.8 Å². The van der Waals surface area contributed by atoms with Crippen molar-refractivity contribution in [2.75, 3.05) is 19.0 Å². The number of carbonyl (C=O) groups is 1. The van der Waals surface area contributed by atoms with Crippen LogP contribution in [0.2, 0.25) is 5.02 Å². The highest BCUT2D eigenvalue weighted by atomic mass is 79.9. The Labute approximate surface area is 106 Å². The molecule has 3 nitrogen and oxygen atoms in total. The first kappa shape index (κ1) is 13.3. The SMILES string of the molecule is COC(=O)C(Br)CNc1cccc(Cl)c1F. The number of alkyl halides is 1. The summed E-state index contributed by atoms with van der Waals surface area (Å²) in [7, 11) is 1.29. The van der Waals surface area contributed by atoms with Gasteiger partial charge in [-0.05, 0) is 12.1 Å². The van der Waals surface area contributed by atoms with Gasteiger partial charge in [0.2, 0.25) is 0 Å². The molecule has 0 aromatic heterocycles. The van der Waals surface area contributed by atoms with Gasteiger partial charge in [-0.25, -0.2) is 4.39 Å². The van der Waals surface area contributed by atoms with Crippen LogP contribution in [-0.2, 0) is 9.53 Å². The summed E-state index contributed by atoms with van der Waals surface area (Å²) >= 11 is 8.71. The molecule has 88 valence electrons. The molecule has 0 spiro atoms. The lowest BCUT2D eigenvalue weighted by atomic mass is 10.3. The Morgan fingerprint density at radius 1 is 1.69 bits per heavy atom. The van der Waals surface area contributed by atoms with E-state index in [1.165, 1.54) is 19.2 Å². The summed E-state index contributed by atoms with van der Waals surface area (Å²) in [5, 5.41) is 2.80. The van der Waals surface area contributed by atoms with Gasteiger partial charge >= 0.3 is 5.97 Å². The summed E-state index contributed by atoms with van der Waals surface area (Å²) in [5.41, 5.74) is 0.251. The highest BCUT2D eigenvalue weighted by Gasteiger charge is 2.15. The van der Waals surface area contributed by atoms with Gasteiger partial charge in [0.25, 0.3) is 0 Å². The van der Waals surface area contributed by atoms with E-state index in [9.17, 15) is 9.18 Å². The largest absolute Gasteiger partial charge is 0.468 e. The maximum atomic E-state index is 13.4. The minimum absolute atomic E-state index is 0.0363. The predicted octanol–water partition coefficient (Wildman–Crippen LogP) is 2.83. The molecule has 1 atom stereocenters. The first-order valence-electron chi connectivity index (χ1n) is 4.46. The average molecular weight is 311 g/mol. The molecule has 1 aromatic carbocycles. The number of anilines is 1. The van der Waals surface area contributed by atoms with Crippen molar-refractivity contribution in [1.29, 1.82) is 0 Å². The van der Waals surface area contributed by atoms with Gasteiger partial charge < -0.3 is 10.1 Å². The fraction of sp³-hybridized carbons (Fsp3) is 0.300. The lowest BCUT2D eigenvalue weighted by Crippen LogP contribution is -2.24. The Hall–Kier alpha value is -0.810. The minimum Gasteiger partial charge on any atom is -0.468 e. The molecule has 1 N–H and O–H groups in total. The van der Waals surface area contributed by atoms with Crippen molar-refractivity contribution in [2.45, 2.75) is 4.83 Å². The Morgan fingerprint density at radius 2 is 2.38 bits per heavy atom. The summed E-state index contributed by atoms with van der Waals surface area (Å²) in [6.45, 7) is 0.212. The smallest absolute Gasteiger partial charge is 0.321 e. The van der Waals surface area contributed by atoms with Crippen molar-refractivity contribution in [3.63, 3.8) is 0 Å². The second-order valence-electron chi connectivity index (χ2n) is 2.97. The molecule has 0 radical (unpaired) electrons. The van der Waals surface area contributed by atoms with Gasteiger partial charge in [0, 0.05) is 6.54 Å². The van der Waals surface area contributed by atoms with Crippen molar-refractivity contribution in [3.8, 4) is 0 Å². The Balaban J connectivity index is 2.61. The number of benzene rings is 1. The van der Waals surface area contributed by atoms with Crippen LogP contribution < -0.4 is 5.32 Å². The summed E-state index contributed by atoms with van der Waals surface area (Å²) < 4.78 is 17.9. The third-order valence-corrected chi connectivity index (χ3v) is 2.87. The standard InChI is InChI=1S/C10H10BrClFNO2/c1-16-10(15)6(11)5-14-8-4-2-3-7(12)9(8)13/h2-4,6,14H,5H2,1H3. The van der Waals surface area contributed by atoms with E-state index in [1.54, 1.807) is 6.07 Å². The van der Waals surface area contributed by atoms with Crippen LogP contribution in [0.15, 0.2) is 18.2 Å². The van der Waals surface area contributed by atoms with Crippen molar-refractivity contribution in [1.82, 2.24) is 0 Å². The maximum absolute atomic E-state index is 13.4. The van der Waals surface area contributed by atoms with Gasteiger partial charge in [-0.15, -0.1) is 0 Å². The fourth-order valence-corrected chi connectivity index (χ4v) is 1.57. The second kappa shape index (κ2) is 6.06. The third-order valence-electron chi connectivity index (χ3n) is 1.88. The van der Waals surface area contributed by atoms with E-state index in [2.05, 4.69) is 26.0 Å². The van der Waals surface area contributed by atoms with Crippen LogP contribution in [0, 0.1) is 5.82 Å². The molecule has 1 unspecified atom stereocenters. The van der Waals surface area contributed by atoms with E-state index in [0.717, 1.165) is 0 Å². The molecule has 0 heterocycles. The molecule has 0 saturated heterocycles. The summed E-state index contributed by atoms with van der Waals surface area (Å²) in [4.78, 5) is 10.5. The zero-order chi connectivity index (χ0) is 12.1. The number of carbonyl (C=O) groups excluding carboxylic acids is 1. The van der Waals surface area contributed by atoms with Crippen LogP contribution in [0.4, 0.5) is 10.1 Å². The first-order chi connectivity index (χ1) is 7.56. The van der Waals surface area contributed by atoms with Crippen molar-refractivity contribution >= 4 is 39.2 Å². The molecule has 0 bridgehead atoms. The van der Waals surface area contributed by atoms with Crippen LogP contribution in [0.25, 0.3) is 0 Å². The molecule has 6 heteroatoms. The van der Waals surface area contributed by atoms with Crippen LogP contribution >= 0.6 is 27.5 Å². The highest BCUT2D eigenvalue weighted by Crippen LogP contribution is 2.22. The molecule has 0 aliphatic rings. The van der Waals surface area contributed by atoms with Crippen LogP contribution in [-0.4, -0.2) is 24.5 Å². The highest BCUT2D eigenvalue weighted by molar-refractivity contribution is 9.10. The number of nitrogens with one attached hydrogen (secondary N) is 1. The normalized spacial score (nSPS) is 12.0. The molecule has 0 fully saturated rings. The van der Waals surface area contributed by atoms with Gasteiger partial charge in [-0.1, -0.05) is 33.6 Å². The summed E-state index contributed by atoms with van der Waals surface area (Å²) in [6.07, 6.45) is 0. The Kier molecular flexibility index (Phi) is 5.02. The predicted molar refractivity (Wildman–Crippen MR) is 64.6 cm³/mol. The lowest BCUT2D eigenvalue weighted by molar-refractivity contribution is -0.139. The van der Waals surface area contributed by atoms with Crippen LogP contribution in [0.3, 0.4) is 0 Å². The van der Waals surface area contributed by atoms with E-state index < -0.39 is 16.6 Å². The molecule has 16 heavy (non-hydrogen) atoms. The summed E-state index contributed by atoms with van der Waals surface area (Å²) in [6, 6.07) is 4.61. The topological polar surface area (TPSA) is 38.3 Å². The maximum Gasteiger partial charge on any atom is 0.321 e. The number of hydrogen-bond acceptors (Lipinski definition) is 3. The quantitative estimate of drug-likeness (QED) is 0.686. The molecule has 0 aliphatic heterocycles. The molecule has 1 aromatic rings. The van der Waals surface area contributed by atoms with Crippen molar-refractivity contribution < 1.29 is 13.9 Å². The number of hydrogen-bond donors (Lipinski definition) is 1. The third kappa shape index (κ3) is 3.35. The van der Waals surface area contributed by atoms with E-state index >= 15 is 0 Å². The molecule has 1 rings (SSSR count). The number of esters is 1. The van der Waals surface area contributed by atoms with Gasteiger partial charge in [-0.2, -0.15) is 0 Å². The van der Waals surface area contributed by atoms with E-state index in [0.29, 0.717) is 0 Å². The first-order valence-corrected chi connectivity index (χ1v) is 5.75. The van der Waals surface area contributed by atoms with Crippen LogP contribution in [0.5, 0.6) is 0 Å². The number of ether oxygens (including phenoxy) is 1. The molecular weight excluding hydrogens is 300 g/mol. The van der Waals surface area contributed by atoms with Crippen molar-refractivity contribution in [3.05, 3.63) is 29.0 Å². The van der Waals surface area contributed by atoms with Crippen LogP contribution in [0.1, 0.15) is 0 Å². The summed E-state index contributed by atoms with van der Waals surface area (Å²) in [5.74, 6) is -0.955. The number of rotatable bonds is 4. The Morgan fingerprint density at radius 3 is 3.00 bits per heavy atom. The van der Waals surface area contributed by atoms with Gasteiger partial charge in [0.15, 0.2) is 5.82 Å². The monoisotopic (exact) mass is 309 g/mol. The molecule has 0 amide bonds. The molecule has 0 aliphatic carbocycles. The van der Waals surface area contributed by atoms with E-state index in [4.69, 9.17) is 11.6 Å². The van der Waals surface area contributed by atoms with E-state index in [-0.39, 0.29) is 17.3 Å². The number of halogens is 3. The van der Waals surface area contributed by atoms with Crippen molar-refractivity contribution in [2.24, 2.45) is 0 Å². The zero-order valence-corrected chi connectivity index (χ0v) is 10.8. The fourth-order valence-electron chi connectivity index (χ4n) is 1.05. The van der Waals surface area contributed by atoms with Gasteiger partial charge in [-0.3, -0.25) is 4.79 Å². The van der Waals surface area contributed by atoms with E-state index in [1.807, 2.05) is 0 Å². The number of methoxy groups -OCH3 is 1. The van der Waals surface area contributed by atoms with Gasteiger partial charge in [0.1, 0.15) is 4.83 Å². The molecule has 0 saturated carbocycles. The lowest BCUT2D eigenvalue weighted by Gasteiger charge is -2.11. The Bertz CT molecular complexity index is 389. The second-order valence-corrected chi connectivity index (χ2v) is 4.49. The average Bonchev–Trinajstić information content (AvgIpc) is 2.29. The molecular formula is C10H10BrClFNO2. The zero-order valence-electron chi connectivity index (χ0n) is 8.47. The minimum atomic E-state index is -0.534.